The number of carbonyl (C=O) groups is 2. The molecule has 7 heteroatoms. The number of carbonyl (C=O) groups excluding carboxylic acids is 2. The molecule has 0 fully saturated rings. The van der Waals surface area contributed by atoms with Crippen LogP contribution in [0.4, 0.5) is 0 Å². The minimum Gasteiger partial charge on any atom is -0.370 e. The average Bonchev–Trinajstić information content (AvgIpc) is 2.61. The number of nitrogens with two attached hydrogens (primary N) is 1. The number of amides is 1. The molecule has 0 spiro atoms. The van der Waals surface area contributed by atoms with E-state index in [0.29, 0.717) is 25.3 Å². The maximum absolute atomic E-state index is 12.5. The van der Waals surface area contributed by atoms with Gasteiger partial charge in [-0.2, -0.15) is 0 Å². The van der Waals surface area contributed by atoms with E-state index in [-0.39, 0.29) is 17.7 Å². The Morgan fingerprint density at radius 1 is 1.19 bits per heavy atom. The van der Waals surface area contributed by atoms with Crippen molar-refractivity contribution in [2.75, 3.05) is 27.7 Å². The van der Waals surface area contributed by atoms with Gasteiger partial charge in [-0.1, -0.05) is 30.3 Å². The van der Waals surface area contributed by atoms with Gasteiger partial charge in [0.1, 0.15) is 0 Å². The van der Waals surface area contributed by atoms with Crippen molar-refractivity contribution >= 4 is 17.6 Å². The molecule has 7 nitrogen and oxygen atoms in total. The van der Waals surface area contributed by atoms with Gasteiger partial charge in [0.25, 0.3) is 0 Å². The molecule has 0 aliphatic rings. The predicted molar refractivity (Wildman–Crippen MR) is 105 cm³/mol. The van der Waals surface area contributed by atoms with E-state index in [2.05, 4.69) is 15.6 Å². The van der Waals surface area contributed by atoms with E-state index in [1.165, 1.54) is 6.92 Å². The highest BCUT2D eigenvalue weighted by Crippen LogP contribution is 2.06. The zero-order chi connectivity index (χ0) is 19.5. The van der Waals surface area contributed by atoms with Gasteiger partial charge in [0.2, 0.25) is 5.91 Å². The molecule has 2 atom stereocenters. The number of hydrogen-bond acceptors (Lipinski definition) is 4. The second kappa shape index (κ2) is 11.3. The Morgan fingerprint density at radius 3 is 2.38 bits per heavy atom. The summed E-state index contributed by atoms with van der Waals surface area (Å²) in [4.78, 5) is 30.4. The van der Waals surface area contributed by atoms with Crippen molar-refractivity contribution < 1.29 is 9.59 Å². The Bertz CT molecular complexity index is 601. The predicted octanol–water partition coefficient (Wildman–Crippen LogP) is 0.547. The van der Waals surface area contributed by atoms with Crippen molar-refractivity contribution in [1.29, 1.82) is 0 Å². The van der Waals surface area contributed by atoms with Crippen molar-refractivity contribution in [3.8, 4) is 0 Å². The van der Waals surface area contributed by atoms with Crippen LogP contribution < -0.4 is 16.4 Å². The van der Waals surface area contributed by atoms with Gasteiger partial charge >= 0.3 is 0 Å². The Kier molecular flexibility index (Phi) is 9.36. The minimum atomic E-state index is -0.525. The van der Waals surface area contributed by atoms with Crippen LogP contribution in [0.15, 0.2) is 35.3 Å². The fraction of sp³-hybridized carbons (Fsp3) is 0.526. The molecule has 1 amide bonds. The molecule has 1 aromatic carbocycles. The maximum atomic E-state index is 12.5. The lowest BCUT2D eigenvalue weighted by molar-refractivity contribution is -0.128. The number of benzene rings is 1. The van der Waals surface area contributed by atoms with Crippen molar-refractivity contribution in [3.05, 3.63) is 35.9 Å². The molecule has 0 aliphatic carbocycles. The van der Waals surface area contributed by atoms with Gasteiger partial charge in [0, 0.05) is 20.6 Å². The van der Waals surface area contributed by atoms with Crippen LogP contribution in [0, 0.1) is 0 Å². The molecule has 4 N–H and O–H groups in total. The van der Waals surface area contributed by atoms with E-state index in [1.54, 1.807) is 11.9 Å². The second-order valence-electron chi connectivity index (χ2n) is 6.48. The first-order chi connectivity index (χ1) is 12.3. The molecule has 1 rings (SSSR count). The molecule has 1 aromatic rings. The van der Waals surface area contributed by atoms with Crippen LogP contribution in [0.1, 0.15) is 25.3 Å². The van der Waals surface area contributed by atoms with Gasteiger partial charge < -0.3 is 21.3 Å². The Labute approximate surface area is 156 Å². The van der Waals surface area contributed by atoms with E-state index >= 15 is 0 Å². The van der Waals surface area contributed by atoms with E-state index in [4.69, 9.17) is 5.73 Å². The zero-order valence-corrected chi connectivity index (χ0v) is 16.2. The molecule has 0 heterocycles. The number of nitrogens with one attached hydrogen (secondary N) is 2. The first-order valence-electron chi connectivity index (χ1n) is 8.84. The van der Waals surface area contributed by atoms with Crippen LogP contribution in [-0.4, -0.2) is 62.3 Å². The summed E-state index contributed by atoms with van der Waals surface area (Å²) in [5.74, 6) is 0.239. The Morgan fingerprint density at radius 2 is 1.85 bits per heavy atom. The summed E-state index contributed by atoms with van der Waals surface area (Å²) in [6, 6.07) is 8.77. The smallest absolute Gasteiger partial charge is 0.237 e. The quantitative estimate of drug-likeness (QED) is 0.321. The van der Waals surface area contributed by atoms with Gasteiger partial charge in [0.15, 0.2) is 11.7 Å². The zero-order valence-electron chi connectivity index (χ0n) is 16.2. The van der Waals surface area contributed by atoms with E-state index < -0.39 is 6.04 Å². The number of guanidine groups is 1. The van der Waals surface area contributed by atoms with Crippen LogP contribution >= 0.6 is 0 Å². The summed E-state index contributed by atoms with van der Waals surface area (Å²) < 4.78 is 0. The third kappa shape index (κ3) is 7.65. The van der Waals surface area contributed by atoms with E-state index in [0.717, 1.165) is 12.0 Å². The maximum Gasteiger partial charge on any atom is 0.237 e. The molecule has 0 bridgehead atoms. The monoisotopic (exact) mass is 361 g/mol. The van der Waals surface area contributed by atoms with Crippen molar-refractivity contribution in [3.63, 3.8) is 0 Å². The third-order valence-corrected chi connectivity index (χ3v) is 4.14. The normalized spacial score (nSPS) is 13.8. The average molecular weight is 361 g/mol. The number of likely N-dealkylation sites (N-methyl/N-ethyl adjacent to an activating group) is 1. The summed E-state index contributed by atoms with van der Waals surface area (Å²) in [5.41, 5.74) is 6.76. The number of nitrogens with zero attached hydrogens (tertiary/aromatic N) is 2. The van der Waals surface area contributed by atoms with E-state index in [9.17, 15) is 9.59 Å². The highest BCUT2D eigenvalue weighted by atomic mass is 16.2. The standard InChI is InChI=1S/C19H31N5O2/c1-14(25)17(13-15-9-6-5-7-10-15)23-18(26)16(21-2)11-8-12-22-19(20)24(3)4/h5-7,9-10,16-17,21H,8,11-13H2,1-4H3,(H2,20,22)(H,23,26). The van der Waals surface area contributed by atoms with Gasteiger partial charge in [-0.3, -0.25) is 14.6 Å². The molecule has 144 valence electrons. The lowest BCUT2D eigenvalue weighted by Gasteiger charge is -2.21. The lowest BCUT2D eigenvalue weighted by Crippen LogP contribution is -2.49. The molecular weight excluding hydrogens is 330 g/mol. The molecule has 0 aromatic heterocycles. The first-order valence-corrected chi connectivity index (χ1v) is 8.84. The van der Waals surface area contributed by atoms with Crippen molar-refractivity contribution in [2.45, 2.75) is 38.3 Å². The summed E-state index contributed by atoms with van der Waals surface area (Å²) >= 11 is 0. The summed E-state index contributed by atoms with van der Waals surface area (Å²) in [5, 5.41) is 5.87. The molecule has 2 unspecified atom stereocenters. The number of hydrogen-bond donors (Lipinski definition) is 3. The highest BCUT2D eigenvalue weighted by Gasteiger charge is 2.22. The van der Waals surface area contributed by atoms with Crippen LogP contribution in [0.2, 0.25) is 0 Å². The SMILES string of the molecule is CNC(CCCN=C(N)N(C)C)C(=O)NC(Cc1ccccc1)C(C)=O. The molecule has 26 heavy (non-hydrogen) atoms. The lowest BCUT2D eigenvalue weighted by atomic mass is 10.0. The largest absolute Gasteiger partial charge is 0.370 e. The molecule has 0 aliphatic heterocycles. The fourth-order valence-corrected chi connectivity index (χ4v) is 2.46. The molecule has 0 saturated carbocycles. The fourth-order valence-electron chi connectivity index (χ4n) is 2.46. The topological polar surface area (TPSA) is 99.8 Å². The summed E-state index contributed by atoms with van der Waals surface area (Å²) in [6.07, 6.45) is 1.82. The molecular formula is C19H31N5O2. The summed E-state index contributed by atoms with van der Waals surface area (Å²) in [6.45, 7) is 2.05. The number of ketones is 1. The second-order valence-corrected chi connectivity index (χ2v) is 6.48. The Hall–Kier alpha value is -2.41. The van der Waals surface area contributed by atoms with Gasteiger partial charge in [-0.25, -0.2) is 0 Å². The number of Topliss-reactive ketones (excluding diaryl/α,β-unsaturated/α-hetero) is 1. The van der Waals surface area contributed by atoms with Crippen molar-refractivity contribution in [1.82, 2.24) is 15.5 Å². The molecule has 0 saturated heterocycles. The van der Waals surface area contributed by atoms with Crippen LogP contribution in [0.3, 0.4) is 0 Å². The minimum absolute atomic E-state index is 0.0552. The van der Waals surface area contributed by atoms with Crippen molar-refractivity contribution in [2.24, 2.45) is 10.7 Å². The number of aliphatic imine (C=N–C) groups is 1. The van der Waals surface area contributed by atoms with Crippen LogP contribution in [-0.2, 0) is 16.0 Å². The van der Waals surface area contributed by atoms with Crippen LogP contribution in [0.25, 0.3) is 0 Å². The summed E-state index contributed by atoms with van der Waals surface area (Å²) in [7, 11) is 5.40. The number of rotatable bonds is 10. The highest BCUT2D eigenvalue weighted by molar-refractivity contribution is 5.89. The van der Waals surface area contributed by atoms with Gasteiger partial charge in [-0.15, -0.1) is 0 Å². The van der Waals surface area contributed by atoms with E-state index in [1.807, 2.05) is 44.4 Å². The molecule has 0 radical (unpaired) electrons. The van der Waals surface area contributed by atoms with Crippen LogP contribution in [0.5, 0.6) is 0 Å². The third-order valence-electron chi connectivity index (χ3n) is 4.14. The van der Waals surface area contributed by atoms with Gasteiger partial charge in [0.05, 0.1) is 12.1 Å². The first kappa shape index (κ1) is 21.6. The Balaban J connectivity index is 2.57. The van der Waals surface area contributed by atoms with Gasteiger partial charge in [-0.05, 0) is 38.8 Å².